The van der Waals surface area contributed by atoms with Gasteiger partial charge in [-0.15, -0.1) is 0 Å². The molecule has 0 aliphatic rings. The Bertz CT molecular complexity index is 352. The highest BCUT2D eigenvalue weighted by Crippen LogP contribution is 2.20. The van der Waals surface area contributed by atoms with Gasteiger partial charge in [-0.2, -0.15) is 5.26 Å². The zero-order valence-corrected chi connectivity index (χ0v) is 8.62. The molecule has 0 aromatic heterocycles. The number of nitrogens with zero attached hydrogens (tertiary/aromatic N) is 2. The summed E-state index contributed by atoms with van der Waals surface area (Å²) in [5, 5.41) is 8.61. The zero-order chi connectivity index (χ0) is 10.6. The van der Waals surface area contributed by atoms with Gasteiger partial charge >= 0.3 is 0 Å². The van der Waals surface area contributed by atoms with Crippen LogP contribution in [0.1, 0.15) is 12.5 Å². The molecular formula is C11H15N3. The second-order valence-corrected chi connectivity index (χ2v) is 3.23. The van der Waals surface area contributed by atoms with E-state index in [2.05, 4.69) is 17.9 Å². The van der Waals surface area contributed by atoms with Crippen molar-refractivity contribution >= 4 is 11.4 Å². The van der Waals surface area contributed by atoms with Crippen molar-refractivity contribution in [2.24, 2.45) is 0 Å². The summed E-state index contributed by atoms with van der Waals surface area (Å²) >= 11 is 0. The Labute approximate surface area is 84.7 Å². The van der Waals surface area contributed by atoms with Crippen molar-refractivity contribution in [1.82, 2.24) is 0 Å². The molecule has 0 amide bonds. The quantitative estimate of drug-likeness (QED) is 0.737. The molecule has 0 fully saturated rings. The van der Waals surface area contributed by atoms with Gasteiger partial charge in [-0.05, 0) is 30.7 Å². The Balaban J connectivity index is 3.01. The van der Waals surface area contributed by atoms with Crippen molar-refractivity contribution in [2.75, 3.05) is 24.2 Å². The van der Waals surface area contributed by atoms with Crippen LogP contribution in [0, 0.1) is 11.3 Å². The lowest BCUT2D eigenvalue weighted by atomic mass is 10.1. The van der Waals surface area contributed by atoms with Crippen LogP contribution in [0.3, 0.4) is 0 Å². The van der Waals surface area contributed by atoms with E-state index in [1.54, 1.807) is 0 Å². The molecule has 3 heteroatoms. The molecule has 2 N–H and O–H groups in total. The van der Waals surface area contributed by atoms with E-state index in [1.165, 1.54) is 0 Å². The first-order valence-electron chi connectivity index (χ1n) is 4.65. The van der Waals surface area contributed by atoms with Crippen molar-refractivity contribution in [3.05, 3.63) is 23.8 Å². The first-order chi connectivity index (χ1) is 6.69. The van der Waals surface area contributed by atoms with Gasteiger partial charge in [0.15, 0.2) is 0 Å². The molecule has 0 unspecified atom stereocenters. The molecular weight excluding hydrogens is 174 g/mol. The highest BCUT2D eigenvalue weighted by Gasteiger charge is 2.03. The Kier molecular flexibility index (Phi) is 3.35. The summed E-state index contributed by atoms with van der Waals surface area (Å²) in [4.78, 5) is 2.11. The van der Waals surface area contributed by atoms with E-state index in [0.29, 0.717) is 12.1 Å². The summed E-state index contributed by atoms with van der Waals surface area (Å²) < 4.78 is 0. The predicted octanol–water partition coefficient (Wildman–Crippen LogP) is 1.79. The van der Waals surface area contributed by atoms with Crippen molar-refractivity contribution < 1.29 is 0 Å². The molecule has 1 aromatic carbocycles. The Morgan fingerprint density at radius 3 is 2.79 bits per heavy atom. The molecule has 0 saturated heterocycles. The number of rotatable bonds is 3. The molecule has 74 valence electrons. The minimum atomic E-state index is 0.372. The molecule has 0 atom stereocenters. The third kappa shape index (κ3) is 2.17. The molecule has 0 saturated carbocycles. The highest BCUT2D eigenvalue weighted by molar-refractivity contribution is 5.58. The molecule has 0 spiro atoms. The zero-order valence-electron chi connectivity index (χ0n) is 8.62. The largest absolute Gasteiger partial charge is 0.398 e. The molecule has 0 bridgehead atoms. The van der Waals surface area contributed by atoms with E-state index >= 15 is 0 Å². The van der Waals surface area contributed by atoms with Gasteiger partial charge in [0.1, 0.15) is 0 Å². The van der Waals surface area contributed by atoms with Crippen molar-refractivity contribution in [2.45, 2.75) is 13.3 Å². The summed E-state index contributed by atoms with van der Waals surface area (Å²) in [5.74, 6) is 0. The molecule has 1 aromatic rings. The maximum Gasteiger partial charge on any atom is 0.0670 e. The molecule has 0 aliphatic heterocycles. The van der Waals surface area contributed by atoms with Gasteiger partial charge in [-0.3, -0.25) is 0 Å². The fourth-order valence-electron chi connectivity index (χ4n) is 1.25. The minimum Gasteiger partial charge on any atom is -0.398 e. The van der Waals surface area contributed by atoms with E-state index in [4.69, 9.17) is 11.0 Å². The number of nitrogen functional groups attached to an aromatic ring is 1. The summed E-state index contributed by atoms with van der Waals surface area (Å²) in [6, 6.07) is 7.91. The van der Waals surface area contributed by atoms with E-state index in [-0.39, 0.29) is 0 Å². The third-order valence-corrected chi connectivity index (χ3v) is 2.31. The molecule has 3 nitrogen and oxygen atoms in total. The van der Waals surface area contributed by atoms with E-state index < -0.39 is 0 Å². The van der Waals surface area contributed by atoms with Crippen LogP contribution in [-0.4, -0.2) is 13.6 Å². The van der Waals surface area contributed by atoms with Gasteiger partial charge in [-0.25, -0.2) is 0 Å². The topological polar surface area (TPSA) is 53.0 Å². The van der Waals surface area contributed by atoms with Crippen LogP contribution in [0.15, 0.2) is 18.2 Å². The second kappa shape index (κ2) is 4.52. The number of nitrogens with two attached hydrogens (primary N) is 1. The van der Waals surface area contributed by atoms with Gasteiger partial charge in [0.25, 0.3) is 0 Å². The Morgan fingerprint density at radius 2 is 2.21 bits per heavy atom. The summed E-state index contributed by atoms with van der Waals surface area (Å²) in [7, 11) is 2.02. The fourth-order valence-corrected chi connectivity index (χ4v) is 1.25. The summed E-state index contributed by atoms with van der Waals surface area (Å²) in [6.07, 6.45) is 0.372. The predicted molar refractivity (Wildman–Crippen MR) is 59.1 cm³/mol. The first-order valence-corrected chi connectivity index (χ1v) is 4.65. The normalized spacial score (nSPS) is 9.50. The van der Waals surface area contributed by atoms with Crippen LogP contribution < -0.4 is 10.6 Å². The third-order valence-electron chi connectivity index (χ3n) is 2.31. The SMILES string of the molecule is CCN(C)c1ccc(N)c(CC#N)c1. The van der Waals surface area contributed by atoms with Crippen LogP contribution in [0.2, 0.25) is 0 Å². The standard InChI is InChI=1S/C11H15N3/c1-3-14(2)10-4-5-11(13)9(8-10)6-7-12/h4-5,8H,3,6,13H2,1-2H3. The summed E-state index contributed by atoms with van der Waals surface area (Å²) in [5.41, 5.74) is 8.45. The van der Waals surface area contributed by atoms with Crippen LogP contribution in [-0.2, 0) is 6.42 Å². The van der Waals surface area contributed by atoms with Crippen LogP contribution in [0.25, 0.3) is 0 Å². The molecule has 0 aliphatic carbocycles. The number of hydrogen-bond donors (Lipinski definition) is 1. The van der Waals surface area contributed by atoms with Crippen LogP contribution in [0.5, 0.6) is 0 Å². The maximum atomic E-state index is 8.61. The molecule has 0 radical (unpaired) electrons. The lowest BCUT2D eigenvalue weighted by molar-refractivity contribution is 0.966. The highest BCUT2D eigenvalue weighted by atomic mass is 15.1. The smallest absolute Gasteiger partial charge is 0.0670 e. The number of nitriles is 1. The molecule has 1 rings (SSSR count). The summed E-state index contributed by atoms with van der Waals surface area (Å²) in [6.45, 7) is 3.02. The van der Waals surface area contributed by atoms with E-state index in [0.717, 1.165) is 17.8 Å². The van der Waals surface area contributed by atoms with Gasteiger partial charge in [0.05, 0.1) is 12.5 Å². The van der Waals surface area contributed by atoms with E-state index in [9.17, 15) is 0 Å². The average Bonchev–Trinajstić information content (AvgIpc) is 2.20. The van der Waals surface area contributed by atoms with Gasteiger partial charge in [0.2, 0.25) is 0 Å². The minimum absolute atomic E-state index is 0.372. The Morgan fingerprint density at radius 1 is 1.50 bits per heavy atom. The van der Waals surface area contributed by atoms with Crippen molar-refractivity contribution in [3.63, 3.8) is 0 Å². The maximum absolute atomic E-state index is 8.61. The first kappa shape index (κ1) is 10.4. The lowest BCUT2D eigenvalue weighted by Gasteiger charge is -2.17. The second-order valence-electron chi connectivity index (χ2n) is 3.23. The van der Waals surface area contributed by atoms with Gasteiger partial charge in [0, 0.05) is 25.0 Å². The van der Waals surface area contributed by atoms with Crippen LogP contribution >= 0.6 is 0 Å². The number of benzene rings is 1. The van der Waals surface area contributed by atoms with Crippen molar-refractivity contribution in [3.8, 4) is 6.07 Å². The van der Waals surface area contributed by atoms with Gasteiger partial charge in [-0.1, -0.05) is 0 Å². The number of hydrogen-bond acceptors (Lipinski definition) is 3. The monoisotopic (exact) mass is 189 g/mol. The fraction of sp³-hybridized carbons (Fsp3) is 0.364. The van der Waals surface area contributed by atoms with Gasteiger partial charge < -0.3 is 10.6 Å². The van der Waals surface area contributed by atoms with Crippen molar-refractivity contribution in [1.29, 1.82) is 5.26 Å². The molecule has 14 heavy (non-hydrogen) atoms. The van der Waals surface area contributed by atoms with Crippen LogP contribution in [0.4, 0.5) is 11.4 Å². The number of anilines is 2. The van der Waals surface area contributed by atoms with E-state index in [1.807, 2.05) is 25.2 Å². The Hall–Kier alpha value is -1.69. The molecule has 0 heterocycles. The lowest BCUT2D eigenvalue weighted by Crippen LogP contribution is -2.16. The average molecular weight is 189 g/mol.